The Hall–Kier alpha value is -1.83. The van der Waals surface area contributed by atoms with Gasteiger partial charge in [0.05, 0.1) is 5.92 Å². The van der Waals surface area contributed by atoms with E-state index < -0.39 is 12.0 Å². The summed E-state index contributed by atoms with van der Waals surface area (Å²) >= 11 is 0. The minimum Gasteiger partial charge on any atom is -0.480 e. The van der Waals surface area contributed by atoms with E-state index >= 15 is 0 Å². The van der Waals surface area contributed by atoms with Crippen LogP contribution in [0.25, 0.3) is 0 Å². The predicted molar refractivity (Wildman–Crippen MR) is 86.6 cm³/mol. The molecule has 8 nitrogen and oxygen atoms in total. The lowest BCUT2D eigenvalue weighted by Gasteiger charge is -2.35. The van der Waals surface area contributed by atoms with Crippen LogP contribution in [0.2, 0.25) is 0 Å². The fraction of sp³-hybridized carbons (Fsp3) is 0.812. The molecule has 2 atom stereocenters. The number of piperidine rings is 1. The van der Waals surface area contributed by atoms with Gasteiger partial charge < -0.3 is 25.0 Å². The van der Waals surface area contributed by atoms with Crippen molar-refractivity contribution in [1.82, 2.24) is 15.1 Å². The summed E-state index contributed by atoms with van der Waals surface area (Å²) in [7, 11) is 1.49. The van der Waals surface area contributed by atoms with Crippen LogP contribution in [-0.4, -0.2) is 78.8 Å². The Morgan fingerprint density at radius 1 is 1.17 bits per heavy atom. The maximum absolute atomic E-state index is 12.4. The number of methoxy groups -OCH3 is 1. The molecule has 0 aromatic carbocycles. The first kappa shape index (κ1) is 18.5. The monoisotopic (exact) mass is 341 g/mol. The number of nitrogens with one attached hydrogen (secondary N) is 1. The summed E-state index contributed by atoms with van der Waals surface area (Å²) in [6.07, 6.45) is 3.72. The molecule has 0 aromatic heterocycles. The molecule has 0 saturated carbocycles. The molecule has 2 heterocycles. The van der Waals surface area contributed by atoms with E-state index in [1.165, 1.54) is 7.11 Å². The summed E-state index contributed by atoms with van der Waals surface area (Å²) in [6, 6.07) is -0.957. The summed E-state index contributed by atoms with van der Waals surface area (Å²) < 4.78 is 4.88. The summed E-state index contributed by atoms with van der Waals surface area (Å²) in [5, 5.41) is 11.8. The second-order valence-electron chi connectivity index (χ2n) is 6.44. The van der Waals surface area contributed by atoms with Gasteiger partial charge in [-0.15, -0.1) is 0 Å². The number of ether oxygens (including phenoxy) is 1. The molecule has 24 heavy (non-hydrogen) atoms. The third-order valence-corrected chi connectivity index (χ3v) is 4.66. The number of carbonyl (C=O) groups excluding carboxylic acids is 2. The van der Waals surface area contributed by atoms with Gasteiger partial charge in [0.2, 0.25) is 5.91 Å². The van der Waals surface area contributed by atoms with Crippen LogP contribution in [0.5, 0.6) is 0 Å². The summed E-state index contributed by atoms with van der Waals surface area (Å²) in [6.45, 7) is 2.85. The highest BCUT2D eigenvalue weighted by Crippen LogP contribution is 2.20. The molecule has 2 unspecified atom stereocenters. The summed E-state index contributed by atoms with van der Waals surface area (Å²) in [5.41, 5.74) is 0. The zero-order valence-corrected chi connectivity index (χ0v) is 14.2. The molecule has 0 radical (unpaired) electrons. The van der Waals surface area contributed by atoms with Crippen molar-refractivity contribution in [1.29, 1.82) is 0 Å². The third kappa shape index (κ3) is 4.83. The standard InChI is InChI=1S/C16H27N3O5/c1-24-10-6-13(15(21)22)17-14(20)12-5-4-9-19(11-12)16(23)18-7-2-3-8-18/h12-13H,2-11H2,1H3,(H,17,20)(H,21,22). The van der Waals surface area contributed by atoms with Crippen molar-refractivity contribution in [3.63, 3.8) is 0 Å². The quantitative estimate of drug-likeness (QED) is 0.734. The average Bonchev–Trinajstić information content (AvgIpc) is 3.12. The van der Waals surface area contributed by atoms with E-state index in [9.17, 15) is 19.5 Å². The number of amides is 3. The van der Waals surface area contributed by atoms with Crippen molar-refractivity contribution in [2.24, 2.45) is 5.92 Å². The first-order chi connectivity index (χ1) is 11.5. The van der Waals surface area contributed by atoms with E-state index in [-0.39, 0.29) is 30.9 Å². The number of carboxylic acid groups (broad SMARTS) is 1. The minimum atomic E-state index is -1.07. The molecule has 0 aliphatic carbocycles. The molecule has 2 rings (SSSR count). The lowest BCUT2D eigenvalue weighted by molar-refractivity contribution is -0.143. The van der Waals surface area contributed by atoms with Gasteiger partial charge in [0, 0.05) is 46.3 Å². The Morgan fingerprint density at radius 3 is 2.46 bits per heavy atom. The summed E-state index contributed by atoms with van der Waals surface area (Å²) in [5.74, 6) is -1.71. The largest absolute Gasteiger partial charge is 0.480 e. The molecule has 0 spiro atoms. The van der Waals surface area contributed by atoms with Crippen LogP contribution in [0.1, 0.15) is 32.1 Å². The number of aliphatic carboxylic acids is 1. The van der Waals surface area contributed by atoms with Gasteiger partial charge >= 0.3 is 12.0 Å². The van der Waals surface area contributed by atoms with E-state index in [1.54, 1.807) is 4.90 Å². The van der Waals surface area contributed by atoms with Crippen molar-refractivity contribution in [3.8, 4) is 0 Å². The Labute approximate surface area is 142 Å². The smallest absolute Gasteiger partial charge is 0.326 e. The lowest BCUT2D eigenvalue weighted by Crippen LogP contribution is -2.51. The number of urea groups is 1. The Bertz CT molecular complexity index is 465. The van der Waals surface area contributed by atoms with Gasteiger partial charge in [-0.1, -0.05) is 0 Å². The fourth-order valence-electron chi connectivity index (χ4n) is 3.26. The minimum absolute atomic E-state index is 0.000771. The van der Waals surface area contributed by atoms with Gasteiger partial charge in [0.1, 0.15) is 6.04 Å². The lowest BCUT2D eigenvalue weighted by atomic mass is 9.96. The predicted octanol–water partition coefficient (Wildman–Crippen LogP) is 0.520. The molecule has 8 heteroatoms. The molecule has 2 saturated heterocycles. The van der Waals surface area contributed by atoms with E-state index in [0.29, 0.717) is 19.5 Å². The van der Waals surface area contributed by atoms with Crippen molar-refractivity contribution in [3.05, 3.63) is 0 Å². The second-order valence-corrected chi connectivity index (χ2v) is 6.44. The van der Waals surface area contributed by atoms with Crippen LogP contribution in [0, 0.1) is 5.92 Å². The van der Waals surface area contributed by atoms with Crippen molar-refractivity contribution < 1.29 is 24.2 Å². The number of carboxylic acids is 1. The molecule has 0 bridgehead atoms. The Balaban J connectivity index is 1.89. The zero-order valence-electron chi connectivity index (χ0n) is 14.2. The van der Waals surface area contributed by atoms with E-state index in [2.05, 4.69) is 5.32 Å². The third-order valence-electron chi connectivity index (χ3n) is 4.66. The Morgan fingerprint density at radius 2 is 1.83 bits per heavy atom. The average molecular weight is 341 g/mol. The van der Waals surface area contributed by atoms with Crippen molar-refractivity contribution >= 4 is 17.9 Å². The zero-order chi connectivity index (χ0) is 17.5. The molecule has 2 aliphatic rings. The molecular formula is C16H27N3O5. The van der Waals surface area contributed by atoms with Crippen molar-refractivity contribution in [2.75, 3.05) is 39.9 Å². The normalized spacial score (nSPS) is 22.3. The number of hydrogen-bond donors (Lipinski definition) is 2. The first-order valence-electron chi connectivity index (χ1n) is 8.59. The molecular weight excluding hydrogens is 314 g/mol. The van der Waals surface area contributed by atoms with Crippen LogP contribution < -0.4 is 5.32 Å². The molecule has 2 aliphatic heterocycles. The van der Waals surface area contributed by atoms with E-state index in [0.717, 1.165) is 32.4 Å². The highest BCUT2D eigenvalue weighted by molar-refractivity contribution is 5.85. The van der Waals surface area contributed by atoms with Crippen molar-refractivity contribution in [2.45, 2.75) is 38.1 Å². The topological polar surface area (TPSA) is 99.2 Å². The van der Waals surface area contributed by atoms with Gasteiger partial charge in [-0.2, -0.15) is 0 Å². The molecule has 0 aromatic rings. The molecule has 136 valence electrons. The van der Waals surface area contributed by atoms with Gasteiger partial charge in [-0.3, -0.25) is 4.79 Å². The molecule has 2 fully saturated rings. The summed E-state index contributed by atoms with van der Waals surface area (Å²) in [4.78, 5) is 39.6. The van der Waals surface area contributed by atoms with Crippen LogP contribution in [0.4, 0.5) is 4.79 Å². The van der Waals surface area contributed by atoms with Crippen LogP contribution >= 0.6 is 0 Å². The number of rotatable bonds is 6. The van der Waals surface area contributed by atoms with Crippen LogP contribution in [0.15, 0.2) is 0 Å². The van der Waals surface area contributed by atoms with Crippen LogP contribution in [0.3, 0.4) is 0 Å². The van der Waals surface area contributed by atoms with Crippen LogP contribution in [-0.2, 0) is 14.3 Å². The maximum atomic E-state index is 12.4. The van der Waals surface area contributed by atoms with Gasteiger partial charge in [0.15, 0.2) is 0 Å². The SMILES string of the molecule is COCCC(NC(=O)C1CCCN(C(=O)N2CCCC2)C1)C(=O)O. The number of likely N-dealkylation sites (tertiary alicyclic amines) is 2. The second kappa shape index (κ2) is 8.86. The Kier molecular flexibility index (Phi) is 6.84. The maximum Gasteiger partial charge on any atom is 0.326 e. The van der Waals surface area contributed by atoms with E-state index in [4.69, 9.17) is 4.74 Å². The highest BCUT2D eigenvalue weighted by Gasteiger charge is 2.33. The number of hydrogen-bond acceptors (Lipinski definition) is 4. The van der Waals surface area contributed by atoms with E-state index in [1.807, 2.05) is 4.90 Å². The fourth-order valence-corrected chi connectivity index (χ4v) is 3.26. The number of carbonyl (C=O) groups is 3. The highest BCUT2D eigenvalue weighted by atomic mass is 16.5. The van der Waals surface area contributed by atoms with Gasteiger partial charge in [0.25, 0.3) is 0 Å². The van der Waals surface area contributed by atoms with Gasteiger partial charge in [-0.25, -0.2) is 9.59 Å². The molecule has 2 N–H and O–H groups in total. The first-order valence-corrected chi connectivity index (χ1v) is 8.59. The molecule has 3 amide bonds. The van der Waals surface area contributed by atoms with Gasteiger partial charge in [-0.05, 0) is 25.7 Å². The number of nitrogens with zero attached hydrogens (tertiary/aromatic N) is 2.